The molecule has 0 unspecified atom stereocenters. The highest BCUT2D eigenvalue weighted by Gasteiger charge is 2.18. The molecule has 0 saturated heterocycles. The number of hydrogen-bond acceptors (Lipinski definition) is 5. The fraction of sp³-hybridized carbons (Fsp3) is 0.467. The molecule has 1 rings (SSSR count). The van der Waals surface area contributed by atoms with Gasteiger partial charge in [-0.05, 0) is 67.1 Å². The summed E-state index contributed by atoms with van der Waals surface area (Å²) < 4.78 is 11.0. The van der Waals surface area contributed by atoms with Crippen molar-refractivity contribution < 1.29 is 19.1 Å². The number of benzene rings is 1. The Labute approximate surface area is 138 Å². The molecule has 0 spiro atoms. The van der Waals surface area contributed by atoms with Gasteiger partial charge < -0.3 is 14.4 Å². The molecule has 116 valence electrons. The summed E-state index contributed by atoms with van der Waals surface area (Å²) in [4.78, 5) is 25.1. The summed E-state index contributed by atoms with van der Waals surface area (Å²) in [6.45, 7) is 6.13. The van der Waals surface area contributed by atoms with Gasteiger partial charge in [0.2, 0.25) is 0 Å². The Morgan fingerprint density at radius 1 is 1.10 bits per heavy atom. The maximum absolute atomic E-state index is 11.7. The number of hydrogen-bond donors (Lipinski definition) is 0. The van der Waals surface area contributed by atoms with E-state index in [9.17, 15) is 9.59 Å². The number of ether oxygens (including phenoxy) is 2. The molecule has 0 N–H and O–H groups in total. The van der Waals surface area contributed by atoms with Crippen LogP contribution in [-0.2, 0) is 19.1 Å². The fourth-order valence-corrected chi connectivity index (χ4v) is 2.57. The Hall–Kier alpha value is -1.31. The Bertz CT molecular complexity index is 484. The Morgan fingerprint density at radius 3 is 2.05 bits per heavy atom. The minimum atomic E-state index is -0.361. The van der Waals surface area contributed by atoms with Crippen molar-refractivity contribution in [3.63, 3.8) is 0 Å². The van der Waals surface area contributed by atoms with Crippen molar-refractivity contribution >= 4 is 40.2 Å². The van der Waals surface area contributed by atoms with Crippen LogP contribution in [0.1, 0.15) is 19.4 Å². The van der Waals surface area contributed by atoms with Crippen molar-refractivity contribution in [1.82, 2.24) is 0 Å². The molecule has 0 aliphatic rings. The molecule has 0 radical (unpaired) electrons. The van der Waals surface area contributed by atoms with Crippen LogP contribution in [0.25, 0.3) is 0 Å². The SMILES string of the molecule is CCOC(=O)CN(CC(=O)OCC)c1ccc(I)cc1C. The minimum absolute atomic E-state index is 0.0219. The monoisotopic (exact) mass is 405 g/mol. The van der Waals surface area contributed by atoms with Crippen LogP contribution >= 0.6 is 22.6 Å². The third-order valence-corrected chi connectivity index (χ3v) is 3.42. The predicted molar refractivity (Wildman–Crippen MR) is 89.4 cm³/mol. The summed E-state index contributed by atoms with van der Waals surface area (Å²) in [5.74, 6) is -0.723. The highest BCUT2D eigenvalue weighted by molar-refractivity contribution is 14.1. The van der Waals surface area contributed by atoms with Crippen molar-refractivity contribution in [3.8, 4) is 0 Å². The first-order valence-corrected chi connectivity index (χ1v) is 7.88. The van der Waals surface area contributed by atoms with E-state index in [0.717, 1.165) is 14.8 Å². The molecule has 1 aromatic rings. The Kier molecular flexibility index (Phi) is 7.49. The summed E-state index contributed by atoms with van der Waals surface area (Å²) >= 11 is 2.22. The van der Waals surface area contributed by atoms with Gasteiger partial charge in [-0.2, -0.15) is 0 Å². The van der Waals surface area contributed by atoms with Crippen molar-refractivity contribution in [2.75, 3.05) is 31.2 Å². The van der Waals surface area contributed by atoms with Crippen LogP contribution in [0.4, 0.5) is 5.69 Å². The largest absolute Gasteiger partial charge is 0.465 e. The van der Waals surface area contributed by atoms with Gasteiger partial charge in [0, 0.05) is 9.26 Å². The zero-order valence-corrected chi connectivity index (χ0v) is 14.7. The molecule has 0 heterocycles. The molecule has 1 aromatic carbocycles. The highest BCUT2D eigenvalue weighted by atomic mass is 127. The van der Waals surface area contributed by atoms with E-state index in [1.54, 1.807) is 18.7 Å². The quantitative estimate of drug-likeness (QED) is 0.516. The average Bonchev–Trinajstić information content (AvgIpc) is 2.38. The van der Waals surface area contributed by atoms with Crippen molar-refractivity contribution in [3.05, 3.63) is 27.3 Å². The first-order valence-electron chi connectivity index (χ1n) is 6.80. The van der Waals surface area contributed by atoms with Gasteiger partial charge in [-0.1, -0.05) is 0 Å². The molecule has 5 nitrogen and oxygen atoms in total. The van der Waals surface area contributed by atoms with E-state index >= 15 is 0 Å². The normalized spacial score (nSPS) is 10.1. The lowest BCUT2D eigenvalue weighted by Gasteiger charge is -2.24. The van der Waals surface area contributed by atoms with Gasteiger partial charge in [-0.3, -0.25) is 9.59 Å². The molecule has 6 heteroatoms. The molecule has 0 aromatic heterocycles. The number of halogens is 1. The van der Waals surface area contributed by atoms with Crippen molar-refractivity contribution in [2.45, 2.75) is 20.8 Å². The molecule has 0 aliphatic heterocycles. The van der Waals surface area contributed by atoms with Gasteiger partial charge >= 0.3 is 11.9 Å². The number of carbonyl (C=O) groups excluding carboxylic acids is 2. The number of carbonyl (C=O) groups is 2. The second-order valence-electron chi connectivity index (χ2n) is 4.40. The maximum Gasteiger partial charge on any atom is 0.325 e. The Morgan fingerprint density at radius 2 is 1.62 bits per heavy atom. The lowest BCUT2D eigenvalue weighted by Crippen LogP contribution is -2.36. The van der Waals surface area contributed by atoms with E-state index in [2.05, 4.69) is 22.6 Å². The minimum Gasteiger partial charge on any atom is -0.465 e. The second kappa shape index (κ2) is 8.86. The fourth-order valence-electron chi connectivity index (χ4n) is 1.92. The molecule has 0 atom stereocenters. The highest BCUT2D eigenvalue weighted by Crippen LogP contribution is 2.22. The number of rotatable bonds is 7. The van der Waals surface area contributed by atoms with E-state index in [4.69, 9.17) is 9.47 Å². The van der Waals surface area contributed by atoms with Gasteiger partial charge in [-0.15, -0.1) is 0 Å². The molecule has 0 fully saturated rings. The van der Waals surface area contributed by atoms with Gasteiger partial charge in [0.25, 0.3) is 0 Å². The molecule has 0 amide bonds. The van der Waals surface area contributed by atoms with Crippen molar-refractivity contribution in [2.24, 2.45) is 0 Å². The molecular formula is C15H20INO4. The molecule has 21 heavy (non-hydrogen) atoms. The van der Waals surface area contributed by atoms with Gasteiger partial charge in [0.15, 0.2) is 0 Å². The molecular weight excluding hydrogens is 385 g/mol. The van der Waals surface area contributed by atoms with Crippen LogP contribution in [0.3, 0.4) is 0 Å². The van der Waals surface area contributed by atoms with Crippen LogP contribution in [0.5, 0.6) is 0 Å². The van der Waals surface area contributed by atoms with Gasteiger partial charge in [0.1, 0.15) is 13.1 Å². The third kappa shape index (κ3) is 5.91. The van der Waals surface area contributed by atoms with Crippen LogP contribution in [-0.4, -0.2) is 38.2 Å². The number of anilines is 1. The molecule has 0 saturated carbocycles. The lowest BCUT2D eigenvalue weighted by atomic mass is 10.2. The molecule has 0 aliphatic carbocycles. The first kappa shape index (κ1) is 17.7. The number of esters is 2. The van der Waals surface area contributed by atoms with E-state index in [0.29, 0.717) is 13.2 Å². The zero-order chi connectivity index (χ0) is 15.8. The maximum atomic E-state index is 11.7. The summed E-state index contributed by atoms with van der Waals surface area (Å²) in [7, 11) is 0. The van der Waals surface area contributed by atoms with Crippen LogP contribution in [0.15, 0.2) is 18.2 Å². The first-order chi connectivity index (χ1) is 9.97. The summed E-state index contributed by atoms with van der Waals surface area (Å²) in [5, 5.41) is 0. The zero-order valence-electron chi connectivity index (χ0n) is 12.5. The topological polar surface area (TPSA) is 55.8 Å². The van der Waals surface area contributed by atoms with E-state index < -0.39 is 0 Å². The van der Waals surface area contributed by atoms with E-state index in [-0.39, 0.29) is 25.0 Å². The van der Waals surface area contributed by atoms with E-state index in [1.165, 1.54) is 0 Å². The second-order valence-corrected chi connectivity index (χ2v) is 5.64. The lowest BCUT2D eigenvalue weighted by molar-refractivity contribution is -0.142. The van der Waals surface area contributed by atoms with Crippen LogP contribution in [0, 0.1) is 10.5 Å². The average molecular weight is 405 g/mol. The molecule has 0 bridgehead atoms. The summed E-state index contributed by atoms with van der Waals surface area (Å²) in [6.07, 6.45) is 0. The predicted octanol–water partition coefficient (Wildman–Crippen LogP) is 2.53. The number of aryl methyl sites for hydroxylation is 1. The number of nitrogens with zero attached hydrogens (tertiary/aromatic N) is 1. The standard InChI is InChI=1S/C15H20INO4/c1-4-20-14(18)9-17(10-15(19)21-5-2)13-7-6-12(16)8-11(13)3/h6-8H,4-5,9-10H2,1-3H3. The Balaban J connectivity index is 2.94. The third-order valence-electron chi connectivity index (χ3n) is 2.75. The van der Waals surface area contributed by atoms with Crippen molar-refractivity contribution in [1.29, 1.82) is 0 Å². The summed E-state index contributed by atoms with van der Waals surface area (Å²) in [6, 6.07) is 5.83. The van der Waals surface area contributed by atoms with Gasteiger partial charge in [-0.25, -0.2) is 0 Å². The summed E-state index contributed by atoms with van der Waals surface area (Å²) in [5.41, 5.74) is 1.83. The van der Waals surface area contributed by atoms with Crippen LogP contribution in [0.2, 0.25) is 0 Å². The van der Waals surface area contributed by atoms with Gasteiger partial charge in [0.05, 0.1) is 13.2 Å². The van der Waals surface area contributed by atoms with E-state index in [1.807, 2.05) is 25.1 Å². The van der Waals surface area contributed by atoms with Crippen LogP contribution < -0.4 is 4.90 Å². The smallest absolute Gasteiger partial charge is 0.325 e.